The second-order valence-corrected chi connectivity index (χ2v) is 14.0. The third-order valence-electron chi connectivity index (χ3n) is 7.95. The molecule has 3 heterocycles. The number of amides is 1. The number of hydrogen-bond acceptors (Lipinski definition) is 6. The molecule has 1 atom stereocenters. The zero-order chi connectivity index (χ0) is 31.6. The zero-order valence-electron chi connectivity index (χ0n) is 25.1. The van der Waals surface area contributed by atoms with Crippen molar-refractivity contribution in [2.75, 3.05) is 44.2 Å². The number of carbonyl (C=O) groups is 1. The molecule has 12 heteroatoms. The van der Waals surface area contributed by atoms with Gasteiger partial charge in [0.05, 0.1) is 17.1 Å². The van der Waals surface area contributed by atoms with E-state index in [-0.39, 0.29) is 11.4 Å². The summed E-state index contributed by atoms with van der Waals surface area (Å²) in [6.07, 6.45) is -0.948. The van der Waals surface area contributed by atoms with Gasteiger partial charge in [-0.2, -0.15) is 4.31 Å². The Kier molecular flexibility index (Phi) is 9.33. The summed E-state index contributed by atoms with van der Waals surface area (Å²) < 4.78 is 69.4. The smallest absolute Gasteiger partial charge is 0.263 e. The number of rotatable bonds is 9. The van der Waals surface area contributed by atoms with Crippen LogP contribution in [-0.4, -0.2) is 79.7 Å². The number of pyridine rings is 1. The number of alkyl halides is 2. The summed E-state index contributed by atoms with van der Waals surface area (Å²) in [6, 6.07) is 13.9. The maximum Gasteiger partial charge on any atom is 0.263 e. The minimum absolute atomic E-state index is 0.00691. The highest BCUT2D eigenvalue weighted by Crippen LogP contribution is 2.36. The maximum absolute atomic E-state index is 14.5. The molecule has 3 aromatic rings. The normalized spacial score (nSPS) is 19.4. The van der Waals surface area contributed by atoms with Gasteiger partial charge in [-0.05, 0) is 54.8 Å². The van der Waals surface area contributed by atoms with E-state index in [2.05, 4.69) is 29.0 Å². The lowest BCUT2D eigenvalue weighted by Crippen LogP contribution is -2.47. The van der Waals surface area contributed by atoms with Gasteiger partial charge in [-0.3, -0.25) is 9.69 Å². The molecule has 1 amide bonds. The number of nitrogens with zero attached hydrogens (tertiary/aromatic N) is 4. The first-order chi connectivity index (χ1) is 20.8. The molecule has 0 bridgehead atoms. The molecule has 5 rings (SSSR count). The largest absolute Gasteiger partial charge is 0.354 e. The molecule has 8 nitrogen and oxygen atoms in total. The van der Waals surface area contributed by atoms with Crippen LogP contribution in [0.25, 0.3) is 11.3 Å². The lowest BCUT2D eigenvalue weighted by Gasteiger charge is -2.36. The number of anilines is 1. The fourth-order valence-electron chi connectivity index (χ4n) is 5.70. The first-order valence-corrected chi connectivity index (χ1v) is 16.2. The van der Waals surface area contributed by atoms with Crippen molar-refractivity contribution in [3.63, 3.8) is 0 Å². The van der Waals surface area contributed by atoms with Gasteiger partial charge < -0.3 is 10.2 Å². The molecule has 44 heavy (non-hydrogen) atoms. The van der Waals surface area contributed by atoms with Crippen molar-refractivity contribution in [3.05, 3.63) is 77.6 Å². The molecule has 236 valence electrons. The summed E-state index contributed by atoms with van der Waals surface area (Å²) in [5.74, 6) is -3.56. The second kappa shape index (κ2) is 12.9. The van der Waals surface area contributed by atoms with Crippen LogP contribution in [0.4, 0.5) is 19.0 Å². The van der Waals surface area contributed by atoms with Crippen LogP contribution in [0.2, 0.25) is 0 Å². The van der Waals surface area contributed by atoms with Crippen LogP contribution in [0, 0.1) is 18.7 Å². The Hall–Kier alpha value is -3.48. The van der Waals surface area contributed by atoms with E-state index < -0.39 is 46.7 Å². The fourth-order valence-corrected chi connectivity index (χ4v) is 7.31. The van der Waals surface area contributed by atoms with E-state index in [4.69, 9.17) is 4.98 Å². The van der Waals surface area contributed by atoms with Crippen molar-refractivity contribution in [2.24, 2.45) is 5.92 Å². The van der Waals surface area contributed by atoms with Crippen LogP contribution >= 0.6 is 0 Å². The average Bonchev–Trinajstić information content (AvgIpc) is 3.32. The van der Waals surface area contributed by atoms with Crippen molar-refractivity contribution in [3.8, 4) is 11.3 Å². The number of benzene rings is 2. The Morgan fingerprint density at radius 3 is 2.32 bits per heavy atom. The summed E-state index contributed by atoms with van der Waals surface area (Å²) >= 11 is 0. The number of hydrogen-bond donors (Lipinski definition) is 1. The number of piperazine rings is 1. The minimum atomic E-state index is -4.48. The molecule has 2 aromatic carbocycles. The Labute approximate surface area is 256 Å². The Balaban J connectivity index is 1.37. The lowest BCUT2D eigenvalue weighted by molar-refractivity contribution is -0.124. The topological polar surface area (TPSA) is 85.8 Å². The van der Waals surface area contributed by atoms with E-state index in [1.54, 1.807) is 0 Å². The van der Waals surface area contributed by atoms with E-state index in [0.717, 1.165) is 73.9 Å². The predicted molar refractivity (Wildman–Crippen MR) is 163 cm³/mol. The van der Waals surface area contributed by atoms with Gasteiger partial charge in [-0.25, -0.2) is 26.6 Å². The van der Waals surface area contributed by atoms with Crippen LogP contribution in [0.3, 0.4) is 0 Å². The van der Waals surface area contributed by atoms with E-state index >= 15 is 0 Å². The van der Waals surface area contributed by atoms with Crippen LogP contribution in [-0.2, 0) is 21.4 Å². The van der Waals surface area contributed by atoms with Crippen molar-refractivity contribution in [1.29, 1.82) is 0 Å². The molecule has 0 saturated carbocycles. The number of sulfonamides is 1. The molecule has 0 spiro atoms. The van der Waals surface area contributed by atoms with Crippen molar-refractivity contribution < 1.29 is 26.4 Å². The SMILES string of the molecule is Cc1ccc(-c2cc(CNC(=O)[C@@H]3CC(F)(F)CN3S(=O)(=O)c3ccc(F)cc3)cc(N3CCN(CC(C)C)CC3)n2)cc1. The van der Waals surface area contributed by atoms with Gasteiger partial charge >= 0.3 is 0 Å². The molecule has 2 aliphatic heterocycles. The Morgan fingerprint density at radius 2 is 1.68 bits per heavy atom. The third kappa shape index (κ3) is 7.41. The predicted octanol–water partition coefficient (Wildman–Crippen LogP) is 4.69. The minimum Gasteiger partial charge on any atom is -0.354 e. The number of carbonyl (C=O) groups excluding carboxylic acids is 1. The first-order valence-electron chi connectivity index (χ1n) is 14.8. The van der Waals surface area contributed by atoms with Gasteiger partial charge in [0, 0.05) is 51.3 Å². The molecule has 1 aromatic heterocycles. The highest BCUT2D eigenvalue weighted by atomic mass is 32.2. The molecule has 2 aliphatic rings. The van der Waals surface area contributed by atoms with E-state index in [9.17, 15) is 26.4 Å². The lowest BCUT2D eigenvalue weighted by atomic mass is 10.1. The van der Waals surface area contributed by atoms with Gasteiger partial charge in [0.1, 0.15) is 17.7 Å². The van der Waals surface area contributed by atoms with Crippen LogP contribution < -0.4 is 10.2 Å². The molecular formula is C32H38F3N5O3S. The van der Waals surface area contributed by atoms with E-state index in [1.165, 1.54) is 0 Å². The highest BCUT2D eigenvalue weighted by Gasteiger charge is 2.52. The molecular weight excluding hydrogens is 591 g/mol. The summed E-state index contributed by atoms with van der Waals surface area (Å²) in [5.41, 5.74) is 3.42. The van der Waals surface area contributed by atoms with Crippen molar-refractivity contribution in [1.82, 2.24) is 19.5 Å². The summed E-state index contributed by atoms with van der Waals surface area (Å²) in [6.45, 7) is 9.65. The molecule has 2 saturated heterocycles. The number of nitrogens with one attached hydrogen (secondary N) is 1. The first kappa shape index (κ1) is 31.9. The van der Waals surface area contributed by atoms with Crippen LogP contribution in [0.15, 0.2) is 65.6 Å². The molecule has 1 N–H and O–H groups in total. The Bertz CT molecular complexity index is 1580. The monoisotopic (exact) mass is 629 g/mol. The van der Waals surface area contributed by atoms with Gasteiger partial charge in [0.15, 0.2) is 0 Å². The van der Waals surface area contributed by atoms with Crippen molar-refractivity contribution >= 4 is 21.7 Å². The summed E-state index contributed by atoms with van der Waals surface area (Å²) in [5, 5.41) is 2.70. The Morgan fingerprint density at radius 1 is 1.02 bits per heavy atom. The number of halogens is 3. The molecule has 0 radical (unpaired) electrons. The van der Waals surface area contributed by atoms with Gasteiger partial charge in [-0.1, -0.05) is 43.7 Å². The number of aromatic nitrogens is 1. The summed E-state index contributed by atoms with van der Waals surface area (Å²) in [7, 11) is -4.48. The zero-order valence-corrected chi connectivity index (χ0v) is 26.0. The van der Waals surface area contributed by atoms with E-state index in [1.807, 2.05) is 43.3 Å². The molecule has 2 fully saturated rings. The van der Waals surface area contributed by atoms with Gasteiger partial charge in [-0.15, -0.1) is 0 Å². The highest BCUT2D eigenvalue weighted by molar-refractivity contribution is 7.89. The average molecular weight is 630 g/mol. The van der Waals surface area contributed by atoms with E-state index in [0.29, 0.717) is 21.5 Å². The summed E-state index contributed by atoms with van der Waals surface area (Å²) in [4.78, 5) is 22.5. The van der Waals surface area contributed by atoms with Gasteiger partial charge in [0.25, 0.3) is 5.92 Å². The number of aryl methyl sites for hydroxylation is 1. The molecule has 0 unspecified atom stereocenters. The fraction of sp³-hybridized carbons (Fsp3) is 0.438. The van der Waals surface area contributed by atoms with Crippen LogP contribution in [0.5, 0.6) is 0 Å². The molecule has 0 aliphatic carbocycles. The quantitative estimate of drug-likeness (QED) is 0.370. The maximum atomic E-state index is 14.5. The van der Waals surface area contributed by atoms with Crippen molar-refractivity contribution in [2.45, 2.75) is 50.6 Å². The third-order valence-corrected chi connectivity index (χ3v) is 9.82. The van der Waals surface area contributed by atoms with Crippen LogP contribution in [0.1, 0.15) is 31.4 Å². The second-order valence-electron chi connectivity index (χ2n) is 12.1. The standard InChI is InChI=1S/C32H38F3N5O3S/c1-22(2)20-38-12-14-39(15-13-38)30-17-24(16-28(37-30)25-6-4-23(3)5-7-25)19-36-31(41)29-18-32(34,35)21-40(29)44(42,43)27-10-8-26(33)9-11-27/h4-11,16-17,22,29H,12-15,18-21H2,1-3H3,(H,36,41)/t29-/m0/s1. The van der Waals surface area contributed by atoms with Gasteiger partial charge in [0.2, 0.25) is 15.9 Å².